The predicted octanol–water partition coefficient (Wildman–Crippen LogP) is 1.40. The third-order valence-electron chi connectivity index (χ3n) is 4.28. The van der Waals surface area contributed by atoms with Gasteiger partial charge in [0.25, 0.3) is 0 Å². The van der Waals surface area contributed by atoms with Crippen LogP contribution >= 0.6 is 0 Å². The molecule has 0 radical (unpaired) electrons. The van der Waals surface area contributed by atoms with Gasteiger partial charge in [0.05, 0.1) is 13.2 Å². The summed E-state index contributed by atoms with van der Waals surface area (Å²) in [5.74, 6) is 2.79. The van der Waals surface area contributed by atoms with Crippen LogP contribution in [0.25, 0.3) is 0 Å². The average Bonchev–Trinajstić information content (AvgIpc) is 2.56. The van der Waals surface area contributed by atoms with Crippen molar-refractivity contribution >= 4 is 17.3 Å². The Bertz CT molecular complexity index is 542. The zero-order valence-electron chi connectivity index (χ0n) is 13.7. The molecule has 0 aromatic heterocycles. The highest BCUT2D eigenvalue weighted by atomic mass is 16.3. The third kappa shape index (κ3) is 4.98. The number of amides is 1. The number of terminal acetylenes is 1. The molecule has 1 fully saturated rings. The highest BCUT2D eigenvalue weighted by Gasteiger charge is 2.24. The van der Waals surface area contributed by atoms with E-state index in [0.717, 1.165) is 37.3 Å². The van der Waals surface area contributed by atoms with Crippen LogP contribution < -0.4 is 10.2 Å². The first kappa shape index (κ1) is 17.3. The van der Waals surface area contributed by atoms with Crippen molar-refractivity contribution in [3.63, 3.8) is 0 Å². The lowest BCUT2D eigenvalue weighted by molar-refractivity contribution is -0.121. The molecule has 0 spiro atoms. The lowest BCUT2D eigenvalue weighted by Gasteiger charge is -2.29. The number of nitrogens with one attached hydrogen (secondary N) is 1. The number of carbonyl (C=O) groups is 1. The van der Waals surface area contributed by atoms with Crippen LogP contribution in [0.5, 0.6) is 0 Å². The number of piperidine rings is 1. The van der Waals surface area contributed by atoms with Gasteiger partial charge in [-0.05, 0) is 50.2 Å². The van der Waals surface area contributed by atoms with Gasteiger partial charge in [-0.1, -0.05) is 5.92 Å². The van der Waals surface area contributed by atoms with Crippen LogP contribution in [0.4, 0.5) is 11.4 Å². The Hall–Kier alpha value is -2.03. The second kappa shape index (κ2) is 8.56. The molecular weight excluding hydrogens is 290 g/mol. The summed E-state index contributed by atoms with van der Waals surface area (Å²) in [6, 6.07) is 7.69. The maximum Gasteiger partial charge on any atom is 0.227 e. The Morgan fingerprint density at radius 1 is 1.39 bits per heavy atom. The Kier molecular flexibility index (Phi) is 6.45. The number of carbonyl (C=O) groups excluding carboxylic acids is 1. The number of likely N-dealkylation sites (N-methyl/N-ethyl adjacent to an activating group) is 1. The van der Waals surface area contributed by atoms with E-state index in [2.05, 4.69) is 16.1 Å². The molecule has 1 amide bonds. The molecule has 1 aromatic carbocycles. The number of aliphatic hydroxyl groups excluding tert-OH is 1. The Labute approximate surface area is 138 Å². The molecule has 2 N–H and O–H groups in total. The molecule has 1 saturated heterocycles. The monoisotopic (exact) mass is 315 g/mol. The van der Waals surface area contributed by atoms with Crippen LogP contribution in [-0.4, -0.2) is 55.7 Å². The van der Waals surface area contributed by atoms with Crippen LogP contribution in [0.2, 0.25) is 0 Å². The fraction of sp³-hybridized carbons (Fsp3) is 0.500. The van der Waals surface area contributed by atoms with Crippen molar-refractivity contribution in [1.29, 1.82) is 0 Å². The van der Waals surface area contributed by atoms with E-state index in [-0.39, 0.29) is 18.4 Å². The van der Waals surface area contributed by atoms with Gasteiger partial charge >= 0.3 is 0 Å². The van der Waals surface area contributed by atoms with Crippen molar-refractivity contribution < 1.29 is 9.90 Å². The summed E-state index contributed by atoms with van der Waals surface area (Å²) < 4.78 is 0. The summed E-state index contributed by atoms with van der Waals surface area (Å²) in [5, 5.41) is 11.9. The van der Waals surface area contributed by atoms with Gasteiger partial charge < -0.3 is 15.3 Å². The van der Waals surface area contributed by atoms with E-state index < -0.39 is 0 Å². The fourth-order valence-electron chi connectivity index (χ4n) is 2.81. The zero-order chi connectivity index (χ0) is 16.7. The summed E-state index contributed by atoms with van der Waals surface area (Å²) in [6.45, 7) is 3.13. The van der Waals surface area contributed by atoms with E-state index in [0.29, 0.717) is 13.1 Å². The minimum absolute atomic E-state index is 0.0563. The maximum absolute atomic E-state index is 12.3. The first-order valence-electron chi connectivity index (χ1n) is 8.02. The molecule has 1 aromatic rings. The van der Waals surface area contributed by atoms with Gasteiger partial charge in [-0.2, -0.15) is 0 Å². The number of aliphatic hydroxyl groups is 1. The first-order chi connectivity index (χ1) is 11.1. The van der Waals surface area contributed by atoms with Gasteiger partial charge in [0.15, 0.2) is 0 Å². The topological polar surface area (TPSA) is 55.8 Å². The molecule has 1 heterocycles. The molecule has 0 aliphatic carbocycles. The number of anilines is 2. The molecule has 0 saturated carbocycles. The lowest BCUT2D eigenvalue weighted by Crippen LogP contribution is -2.38. The van der Waals surface area contributed by atoms with Gasteiger partial charge in [-0.3, -0.25) is 9.69 Å². The molecule has 1 aliphatic heterocycles. The van der Waals surface area contributed by atoms with Gasteiger partial charge in [-0.15, -0.1) is 6.42 Å². The van der Waals surface area contributed by atoms with Crippen molar-refractivity contribution in [2.75, 3.05) is 50.1 Å². The van der Waals surface area contributed by atoms with Crippen molar-refractivity contribution in [2.24, 2.45) is 5.92 Å². The van der Waals surface area contributed by atoms with E-state index >= 15 is 0 Å². The van der Waals surface area contributed by atoms with E-state index in [4.69, 9.17) is 11.5 Å². The third-order valence-corrected chi connectivity index (χ3v) is 4.28. The number of nitrogens with zero attached hydrogens (tertiary/aromatic N) is 2. The molecule has 2 rings (SSSR count). The minimum atomic E-state index is 0.0563. The van der Waals surface area contributed by atoms with Crippen LogP contribution in [0.15, 0.2) is 24.3 Å². The quantitative estimate of drug-likeness (QED) is 0.779. The number of rotatable bonds is 6. The Morgan fingerprint density at radius 2 is 2.04 bits per heavy atom. The summed E-state index contributed by atoms with van der Waals surface area (Å²) in [5.41, 5.74) is 1.82. The van der Waals surface area contributed by atoms with Crippen molar-refractivity contribution in [1.82, 2.24) is 4.90 Å². The maximum atomic E-state index is 12.3. The largest absolute Gasteiger partial charge is 0.395 e. The van der Waals surface area contributed by atoms with Crippen LogP contribution in [-0.2, 0) is 4.79 Å². The Balaban J connectivity index is 1.85. The van der Waals surface area contributed by atoms with Crippen molar-refractivity contribution in [3.05, 3.63) is 24.3 Å². The standard InChI is InChI=1S/C18H25N3O2/c1-3-10-21-11-8-15(9-12-21)18(23)19-16-4-6-17(7-5-16)20(2)13-14-22/h1,4-7,15,22H,8-14H2,2H3,(H,19,23). The average molecular weight is 315 g/mol. The molecule has 5 heteroatoms. The minimum Gasteiger partial charge on any atom is -0.395 e. The summed E-state index contributed by atoms with van der Waals surface area (Å²) in [7, 11) is 1.92. The normalized spacial score (nSPS) is 15.9. The summed E-state index contributed by atoms with van der Waals surface area (Å²) in [6.07, 6.45) is 7.02. The molecule has 124 valence electrons. The molecule has 0 atom stereocenters. The van der Waals surface area contributed by atoms with Crippen molar-refractivity contribution in [3.8, 4) is 12.3 Å². The second-order valence-corrected chi connectivity index (χ2v) is 5.94. The van der Waals surface area contributed by atoms with E-state index in [1.807, 2.05) is 36.2 Å². The number of hydrogen-bond acceptors (Lipinski definition) is 4. The highest BCUT2D eigenvalue weighted by Crippen LogP contribution is 2.21. The highest BCUT2D eigenvalue weighted by molar-refractivity contribution is 5.92. The van der Waals surface area contributed by atoms with Gasteiger partial charge in [-0.25, -0.2) is 0 Å². The van der Waals surface area contributed by atoms with E-state index in [1.165, 1.54) is 0 Å². The fourth-order valence-corrected chi connectivity index (χ4v) is 2.81. The molecule has 23 heavy (non-hydrogen) atoms. The number of hydrogen-bond donors (Lipinski definition) is 2. The van der Waals surface area contributed by atoms with E-state index in [1.54, 1.807) is 0 Å². The SMILES string of the molecule is C#CCN1CCC(C(=O)Nc2ccc(N(C)CCO)cc2)CC1. The summed E-state index contributed by atoms with van der Waals surface area (Å²) in [4.78, 5) is 16.5. The molecule has 1 aliphatic rings. The van der Waals surface area contributed by atoms with Crippen molar-refractivity contribution in [2.45, 2.75) is 12.8 Å². The van der Waals surface area contributed by atoms with Gasteiger partial charge in [0.2, 0.25) is 5.91 Å². The second-order valence-electron chi connectivity index (χ2n) is 5.94. The van der Waals surface area contributed by atoms with Gasteiger partial charge in [0, 0.05) is 30.9 Å². The van der Waals surface area contributed by atoms with Crippen LogP contribution in [0, 0.1) is 18.3 Å². The predicted molar refractivity (Wildman–Crippen MR) is 93.4 cm³/mol. The molecular formula is C18H25N3O2. The molecule has 0 bridgehead atoms. The summed E-state index contributed by atoms with van der Waals surface area (Å²) >= 11 is 0. The molecule has 0 unspecified atom stereocenters. The smallest absolute Gasteiger partial charge is 0.227 e. The van der Waals surface area contributed by atoms with Crippen LogP contribution in [0.1, 0.15) is 12.8 Å². The molecule has 5 nitrogen and oxygen atoms in total. The van der Waals surface area contributed by atoms with Crippen LogP contribution in [0.3, 0.4) is 0 Å². The first-order valence-corrected chi connectivity index (χ1v) is 8.02. The number of likely N-dealkylation sites (tertiary alicyclic amines) is 1. The number of benzene rings is 1. The lowest BCUT2D eigenvalue weighted by atomic mass is 9.96. The zero-order valence-corrected chi connectivity index (χ0v) is 13.7. The van der Waals surface area contributed by atoms with Gasteiger partial charge in [0.1, 0.15) is 0 Å². The van der Waals surface area contributed by atoms with E-state index in [9.17, 15) is 4.79 Å². The Morgan fingerprint density at radius 3 is 2.61 bits per heavy atom.